The molecule has 3 aromatic rings. The standard InChI is InChI=1S/C23H27N3S/c1-16-8-7-9-17(2)22(16)25-23(27)26(19-10-3-4-11-19)15-18-14-24-21-13-6-5-12-20(18)21/h5-9,12-14,19,24H,3-4,10-11,15H2,1-2H3,(H,25,27). The van der Waals surface area contributed by atoms with E-state index in [-0.39, 0.29) is 0 Å². The number of hydrogen-bond acceptors (Lipinski definition) is 1. The van der Waals surface area contributed by atoms with E-state index in [1.165, 1.54) is 53.3 Å². The molecule has 4 rings (SSSR count). The third-order valence-corrected chi connectivity index (χ3v) is 6.09. The van der Waals surface area contributed by atoms with Crippen LogP contribution in [0.2, 0.25) is 0 Å². The van der Waals surface area contributed by atoms with Crippen LogP contribution in [0.5, 0.6) is 0 Å². The highest BCUT2D eigenvalue weighted by atomic mass is 32.1. The molecule has 0 atom stereocenters. The van der Waals surface area contributed by atoms with Crippen LogP contribution >= 0.6 is 12.2 Å². The zero-order valence-corrected chi connectivity index (χ0v) is 16.9. The van der Waals surface area contributed by atoms with E-state index in [4.69, 9.17) is 12.2 Å². The Morgan fingerprint density at radius 1 is 1.07 bits per heavy atom. The van der Waals surface area contributed by atoms with Gasteiger partial charge in [-0.25, -0.2) is 0 Å². The Morgan fingerprint density at radius 2 is 1.78 bits per heavy atom. The molecule has 0 amide bonds. The van der Waals surface area contributed by atoms with Gasteiger partial charge in [0.05, 0.1) is 0 Å². The molecule has 2 N–H and O–H groups in total. The van der Waals surface area contributed by atoms with E-state index in [0.717, 1.165) is 17.3 Å². The number of aromatic nitrogens is 1. The quantitative estimate of drug-likeness (QED) is 0.553. The molecular formula is C23H27N3S. The number of thiocarbonyl (C=S) groups is 1. The second kappa shape index (κ2) is 7.73. The molecule has 1 fully saturated rings. The topological polar surface area (TPSA) is 31.1 Å². The number of fused-ring (bicyclic) bond motifs is 1. The van der Waals surface area contributed by atoms with E-state index < -0.39 is 0 Å². The highest BCUT2D eigenvalue weighted by Crippen LogP contribution is 2.29. The number of aryl methyl sites for hydroxylation is 2. The minimum absolute atomic E-state index is 0.517. The highest BCUT2D eigenvalue weighted by Gasteiger charge is 2.26. The molecule has 0 unspecified atom stereocenters. The van der Waals surface area contributed by atoms with Crippen molar-refractivity contribution < 1.29 is 0 Å². The van der Waals surface area contributed by atoms with Crippen LogP contribution in [-0.4, -0.2) is 21.0 Å². The number of hydrogen-bond donors (Lipinski definition) is 2. The molecule has 1 aromatic heterocycles. The zero-order valence-electron chi connectivity index (χ0n) is 16.1. The molecule has 0 saturated heterocycles. The molecule has 0 spiro atoms. The lowest BCUT2D eigenvalue weighted by Gasteiger charge is -2.32. The minimum Gasteiger partial charge on any atom is -0.361 e. The van der Waals surface area contributed by atoms with Crippen LogP contribution in [0.4, 0.5) is 5.69 Å². The molecule has 1 aliphatic carbocycles. The molecular weight excluding hydrogens is 350 g/mol. The van der Waals surface area contributed by atoms with Crippen LogP contribution in [0.15, 0.2) is 48.7 Å². The number of rotatable bonds is 4. The summed E-state index contributed by atoms with van der Waals surface area (Å²) in [6, 6.07) is 15.4. The Bertz CT molecular complexity index is 933. The maximum atomic E-state index is 5.91. The summed E-state index contributed by atoms with van der Waals surface area (Å²) in [6.45, 7) is 5.11. The van der Waals surface area contributed by atoms with Crippen molar-refractivity contribution in [3.63, 3.8) is 0 Å². The van der Waals surface area contributed by atoms with Gasteiger partial charge in [-0.15, -0.1) is 0 Å². The fourth-order valence-electron chi connectivity index (χ4n) is 4.22. The highest BCUT2D eigenvalue weighted by molar-refractivity contribution is 7.80. The number of para-hydroxylation sites is 2. The van der Waals surface area contributed by atoms with E-state index in [1.807, 2.05) is 0 Å². The molecule has 4 heteroatoms. The van der Waals surface area contributed by atoms with Crippen molar-refractivity contribution in [2.45, 2.75) is 52.1 Å². The van der Waals surface area contributed by atoms with Crippen LogP contribution in [0, 0.1) is 13.8 Å². The predicted molar refractivity (Wildman–Crippen MR) is 118 cm³/mol. The van der Waals surface area contributed by atoms with Crippen molar-refractivity contribution in [3.05, 3.63) is 65.4 Å². The Hall–Kier alpha value is -2.33. The van der Waals surface area contributed by atoms with E-state index in [9.17, 15) is 0 Å². The maximum Gasteiger partial charge on any atom is 0.173 e. The molecule has 1 heterocycles. The van der Waals surface area contributed by atoms with E-state index >= 15 is 0 Å². The molecule has 1 saturated carbocycles. The Balaban J connectivity index is 1.62. The summed E-state index contributed by atoms with van der Waals surface area (Å²) in [4.78, 5) is 5.81. The van der Waals surface area contributed by atoms with Crippen molar-refractivity contribution in [1.29, 1.82) is 0 Å². The van der Waals surface area contributed by atoms with Crippen molar-refractivity contribution >= 4 is 33.9 Å². The summed E-state index contributed by atoms with van der Waals surface area (Å²) in [6.07, 6.45) is 7.16. The third kappa shape index (κ3) is 3.72. The number of nitrogens with one attached hydrogen (secondary N) is 2. The van der Waals surface area contributed by atoms with Gasteiger partial charge in [-0.3, -0.25) is 0 Å². The van der Waals surface area contributed by atoms with Crippen LogP contribution in [-0.2, 0) is 6.54 Å². The Labute approximate surface area is 166 Å². The van der Waals surface area contributed by atoms with E-state index in [1.54, 1.807) is 0 Å². The SMILES string of the molecule is Cc1cccc(C)c1NC(=S)N(Cc1c[nH]c2ccccc12)C1CCCC1. The minimum atomic E-state index is 0.517. The van der Waals surface area contributed by atoms with Gasteiger partial charge in [-0.05, 0) is 61.7 Å². The largest absolute Gasteiger partial charge is 0.361 e. The first-order valence-electron chi connectivity index (χ1n) is 9.82. The molecule has 2 aromatic carbocycles. The third-order valence-electron chi connectivity index (χ3n) is 5.75. The lowest BCUT2D eigenvalue weighted by Crippen LogP contribution is -2.41. The van der Waals surface area contributed by atoms with Gasteiger partial charge in [0, 0.05) is 35.4 Å². The first-order valence-corrected chi connectivity index (χ1v) is 10.2. The van der Waals surface area contributed by atoms with Crippen LogP contribution < -0.4 is 5.32 Å². The summed E-state index contributed by atoms with van der Waals surface area (Å²) in [5, 5.41) is 5.69. The molecule has 140 valence electrons. The van der Waals surface area contributed by atoms with Crippen molar-refractivity contribution in [3.8, 4) is 0 Å². The zero-order chi connectivity index (χ0) is 18.8. The van der Waals surface area contributed by atoms with Crippen molar-refractivity contribution in [2.75, 3.05) is 5.32 Å². The molecule has 0 aliphatic heterocycles. The van der Waals surface area contributed by atoms with E-state index in [0.29, 0.717) is 6.04 Å². The van der Waals surface area contributed by atoms with Gasteiger partial charge in [-0.1, -0.05) is 49.2 Å². The molecule has 3 nitrogen and oxygen atoms in total. The summed E-state index contributed by atoms with van der Waals surface area (Å²) in [5.41, 5.74) is 6.10. The summed E-state index contributed by atoms with van der Waals surface area (Å²) >= 11 is 5.91. The number of anilines is 1. The summed E-state index contributed by atoms with van der Waals surface area (Å²) in [5.74, 6) is 0. The summed E-state index contributed by atoms with van der Waals surface area (Å²) in [7, 11) is 0. The monoisotopic (exact) mass is 377 g/mol. The Kier molecular flexibility index (Phi) is 5.17. The summed E-state index contributed by atoms with van der Waals surface area (Å²) < 4.78 is 0. The van der Waals surface area contributed by atoms with Gasteiger partial charge in [-0.2, -0.15) is 0 Å². The molecule has 0 radical (unpaired) electrons. The fraction of sp³-hybridized carbons (Fsp3) is 0.348. The predicted octanol–water partition coefficient (Wildman–Crippen LogP) is 5.93. The molecule has 27 heavy (non-hydrogen) atoms. The van der Waals surface area contributed by atoms with Gasteiger partial charge in [0.25, 0.3) is 0 Å². The van der Waals surface area contributed by atoms with Crippen LogP contribution in [0.3, 0.4) is 0 Å². The van der Waals surface area contributed by atoms with Gasteiger partial charge in [0.1, 0.15) is 0 Å². The second-order valence-corrected chi connectivity index (χ2v) is 8.01. The smallest absolute Gasteiger partial charge is 0.173 e. The van der Waals surface area contributed by atoms with Crippen LogP contribution in [0.25, 0.3) is 10.9 Å². The molecule has 1 aliphatic rings. The van der Waals surface area contributed by atoms with Crippen LogP contribution in [0.1, 0.15) is 42.4 Å². The van der Waals surface area contributed by atoms with Gasteiger partial charge >= 0.3 is 0 Å². The number of H-pyrrole nitrogens is 1. The van der Waals surface area contributed by atoms with E-state index in [2.05, 4.69) is 77.7 Å². The number of benzene rings is 2. The first kappa shape index (κ1) is 18.1. The fourth-order valence-corrected chi connectivity index (χ4v) is 4.53. The van der Waals surface area contributed by atoms with Crippen molar-refractivity contribution in [1.82, 2.24) is 9.88 Å². The molecule has 0 bridgehead atoms. The van der Waals surface area contributed by atoms with Gasteiger partial charge in [0.2, 0.25) is 0 Å². The lowest BCUT2D eigenvalue weighted by atomic mass is 10.1. The normalized spacial score (nSPS) is 14.6. The number of nitrogens with zero attached hydrogens (tertiary/aromatic N) is 1. The van der Waals surface area contributed by atoms with Crippen molar-refractivity contribution in [2.24, 2.45) is 0 Å². The Morgan fingerprint density at radius 3 is 2.52 bits per heavy atom. The number of aromatic amines is 1. The average molecular weight is 378 g/mol. The lowest BCUT2D eigenvalue weighted by molar-refractivity contribution is 0.313. The van der Waals surface area contributed by atoms with Gasteiger partial charge in [0.15, 0.2) is 5.11 Å². The first-order chi connectivity index (χ1) is 13.1. The average Bonchev–Trinajstić information content (AvgIpc) is 3.33. The maximum absolute atomic E-state index is 5.91. The van der Waals surface area contributed by atoms with Gasteiger partial charge < -0.3 is 15.2 Å². The second-order valence-electron chi connectivity index (χ2n) is 7.62.